The largest absolute Gasteiger partial charge is 0.349 e. The number of aryl methyl sites for hydroxylation is 2. The van der Waals surface area contributed by atoms with Crippen molar-refractivity contribution in [2.75, 3.05) is 18.4 Å². The van der Waals surface area contributed by atoms with Crippen molar-refractivity contribution in [3.8, 4) is 0 Å². The Labute approximate surface area is 157 Å². The first-order valence-electron chi connectivity index (χ1n) is 9.23. The van der Waals surface area contributed by atoms with Gasteiger partial charge in [0.1, 0.15) is 5.00 Å². The van der Waals surface area contributed by atoms with Crippen molar-refractivity contribution in [3.63, 3.8) is 0 Å². The van der Waals surface area contributed by atoms with Gasteiger partial charge in [-0.25, -0.2) is 0 Å². The number of hydrogen-bond acceptors (Lipinski definition) is 4. The van der Waals surface area contributed by atoms with Gasteiger partial charge in [0.15, 0.2) is 0 Å². The van der Waals surface area contributed by atoms with E-state index in [1.807, 2.05) is 17.5 Å². The molecule has 0 unspecified atom stereocenters. The first-order chi connectivity index (χ1) is 12.7. The maximum absolute atomic E-state index is 12.6. The smallest absolute Gasteiger partial charge is 0.256 e. The number of anilines is 1. The zero-order valence-electron chi connectivity index (χ0n) is 14.6. The second kappa shape index (κ2) is 7.60. The standard InChI is InChI=1S/C20H23N3O2S/c24-18(15-5-4-13-2-1-3-14(13)12-15)23-20-17(8-11-26-20)19(25)22-16-6-9-21-10-7-16/h4-5,8,11-12,16,21H,1-3,6-7,9-10H2,(H,22,25)(H,23,24). The summed E-state index contributed by atoms with van der Waals surface area (Å²) in [6, 6.07) is 7.89. The van der Waals surface area contributed by atoms with Crippen molar-refractivity contribution in [2.45, 2.75) is 38.1 Å². The molecular weight excluding hydrogens is 346 g/mol. The van der Waals surface area contributed by atoms with Gasteiger partial charge >= 0.3 is 0 Å². The third-order valence-corrected chi connectivity index (χ3v) is 6.00. The van der Waals surface area contributed by atoms with Gasteiger partial charge in [-0.2, -0.15) is 0 Å². The van der Waals surface area contributed by atoms with Crippen LogP contribution in [0.1, 0.15) is 51.1 Å². The van der Waals surface area contributed by atoms with Crippen molar-refractivity contribution in [2.24, 2.45) is 0 Å². The molecule has 1 fully saturated rings. The average Bonchev–Trinajstić information content (AvgIpc) is 3.30. The lowest BCUT2D eigenvalue weighted by Crippen LogP contribution is -2.42. The Morgan fingerprint density at radius 2 is 1.85 bits per heavy atom. The number of carbonyl (C=O) groups excluding carboxylic acids is 2. The Morgan fingerprint density at radius 1 is 1.04 bits per heavy atom. The third kappa shape index (κ3) is 3.66. The lowest BCUT2D eigenvalue weighted by Gasteiger charge is -2.23. The second-order valence-electron chi connectivity index (χ2n) is 6.95. The second-order valence-corrected chi connectivity index (χ2v) is 7.87. The fourth-order valence-corrected chi connectivity index (χ4v) is 4.48. The molecule has 0 saturated carbocycles. The lowest BCUT2D eigenvalue weighted by atomic mass is 10.1. The first-order valence-corrected chi connectivity index (χ1v) is 10.1. The van der Waals surface area contributed by atoms with E-state index in [0.29, 0.717) is 16.1 Å². The van der Waals surface area contributed by atoms with Gasteiger partial charge in [-0.15, -0.1) is 11.3 Å². The van der Waals surface area contributed by atoms with Crippen molar-refractivity contribution in [1.82, 2.24) is 10.6 Å². The molecule has 2 amide bonds. The van der Waals surface area contributed by atoms with Crippen molar-refractivity contribution < 1.29 is 9.59 Å². The summed E-state index contributed by atoms with van der Waals surface area (Å²) in [6.45, 7) is 1.85. The maximum atomic E-state index is 12.6. The molecule has 1 aromatic carbocycles. The first kappa shape index (κ1) is 17.2. The van der Waals surface area contributed by atoms with Gasteiger partial charge in [-0.3, -0.25) is 9.59 Å². The summed E-state index contributed by atoms with van der Waals surface area (Å²) in [5.41, 5.74) is 3.82. The Balaban J connectivity index is 1.44. The molecular formula is C20H23N3O2S. The number of rotatable bonds is 4. The van der Waals surface area contributed by atoms with Crippen LogP contribution in [0.4, 0.5) is 5.00 Å². The van der Waals surface area contributed by atoms with Crippen LogP contribution >= 0.6 is 11.3 Å². The molecule has 1 aliphatic carbocycles. The number of amides is 2. The molecule has 2 heterocycles. The highest BCUT2D eigenvalue weighted by molar-refractivity contribution is 7.14. The number of hydrogen-bond donors (Lipinski definition) is 3. The monoisotopic (exact) mass is 369 g/mol. The van der Waals surface area contributed by atoms with Crippen LogP contribution in [0.15, 0.2) is 29.6 Å². The number of benzene rings is 1. The quantitative estimate of drug-likeness (QED) is 0.776. The minimum absolute atomic E-state index is 0.109. The number of fused-ring (bicyclic) bond motifs is 1. The summed E-state index contributed by atoms with van der Waals surface area (Å²) in [6.07, 6.45) is 5.17. The lowest BCUT2D eigenvalue weighted by molar-refractivity contribution is 0.0931. The summed E-state index contributed by atoms with van der Waals surface area (Å²) in [4.78, 5) is 25.2. The van der Waals surface area contributed by atoms with Crippen LogP contribution in [0.2, 0.25) is 0 Å². The van der Waals surface area contributed by atoms with E-state index < -0.39 is 0 Å². The molecule has 2 aromatic rings. The van der Waals surface area contributed by atoms with Crippen molar-refractivity contribution in [3.05, 3.63) is 51.9 Å². The molecule has 6 heteroatoms. The van der Waals surface area contributed by atoms with Crippen LogP contribution in [-0.2, 0) is 12.8 Å². The predicted molar refractivity (Wildman–Crippen MR) is 104 cm³/mol. The molecule has 26 heavy (non-hydrogen) atoms. The van der Waals surface area contributed by atoms with Crippen LogP contribution in [0.5, 0.6) is 0 Å². The summed E-state index contributed by atoms with van der Waals surface area (Å²) in [5.74, 6) is -0.263. The van der Waals surface area contributed by atoms with Crippen molar-refractivity contribution >= 4 is 28.2 Å². The van der Waals surface area contributed by atoms with E-state index in [1.165, 1.54) is 22.5 Å². The highest BCUT2D eigenvalue weighted by Gasteiger charge is 2.21. The van der Waals surface area contributed by atoms with Gasteiger partial charge in [0.25, 0.3) is 11.8 Å². The van der Waals surface area contributed by atoms with Crippen LogP contribution in [0.3, 0.4) is 0 Å². The summed E-state index contributed by atoms with van der Waals surface area (Å²) >= 11 is 1.38. The Kier molecular flexibility index (Phi) is 5.04. The maximum Gasteiger partial charge on any atom is 0.256 e. The van der Waals surface area contributed by atoms with Gasteiger partial charge in [-0.05, 0) is 79.9 Å². The van der Waals surface area contributed by atoms with Crippen LogP contribution in [-0.4, -0.2) is 30.9 Å². The van der Waals surface area contributed by atoms with Crippen LogP contribution < -0.4 is 16.0 Å². The van der Waals surface area contributed by atoms with Gasteiger partial charge in [-0.1, -0.05) is 6.07 Å². The minimum Gasteiger partial charge on any atom is -0.349 e. The van der Waals surface area contributed by atoms with Gasteiger partial charge < -0.3 is 16.0 Å². The van der Waals surface area contributed by atoms with E-state index in [1.54, 1.807) is 6.07 Å². The van der Waals surface area contributed by atoms with E-state index in [2.05, 4.69) is 22.0 Å². The van der Waals surface area contributed by atoms with Crippen molar-refractivity contribution in [1.29, 1.82) is 0 Å². The molecule has 3 N–H and O–H groups in total. The Bertz CT molecular complexity index is 824. The van der Waals surface area contributed by atoms with E-state index >= 15 is 0 Å². The molecule has 1 saturated heterocycles. The molecule has 1 aromatic heterocycles. The summed E-state index contributed by atoms with van der Waals surface area (Å²) in [7, 11) is 0. The fraction of sp³-hybridized carbons (Fsp3) is 0.400. The topological polar surface area (TPSA) is 70.2 Å². The summed E-state index contributed by atoms with van der Waals surface area (Å²) < 4.78 is 0. The van der Waals surface area contributed by atoms with Crippen LogP contribution in [0.25, 0.3) is 0 Å². The molecule has 0 spiro atoms. The molecule has 0 bridgehead atoms. The van der Waals surface area contributed by atoms with E-state index in [4.69, 9.17) is 0 Å². The van der Waals surface area contributed by atoms with Gasteiger partial charge in [0, 0.05) is 11.6 Å². The SMILES string of the molecule is O=C(Nc1sccc1C(=O)NC1CCNCC1)c1ccc2c(c1)CCC2. The highest BCUT2D eigenvalue weighted by Crippen LogP contribution is 2.26. The Hall–Kier alpha value is -2.18. The molecule has 0 radical (unpaired) electrons. The average molecular weight is 369 g/mol. The third-order valence-electron chi connectivity index (χ3n) is 5.17. The van der Waals surface area contributed by atoms with Gasteiger partial charge in [0.2, 0.25) is 0 Å². The van der Waals surface area contributed by atoms with Gasteiger partial charge in [0.05, 0.1) is 5.56 Å². The zero-order chi connectivity index (χ0) is 17.9. The number of carbonyl (C=O) groups is 2. The molecule has 136 valence electrons. The van der Waals surface area contributed by atoms with E-state index in [9.17, 15) is 9.59 Å². The number of nitrogens with one attached hydrogen (secondary N) is 3. The predicted octanol–water partition coefficient (Wildman–Crippen LogP) is 2.97. The zero-order valence-corrected chi connectivity index (χ0v) is 15.5. The minimum atomic E-state index is -0.155. The normalized spacial score (nSPS) is 16.9. The molecule has 2 aliphatic rings. The summed E-state index contributed by atoms with van der Waals surface area (Å²) in [5, 5.41) is 11.8. The molecule has 0 atom stereocenters. The number of piperidine rings is 1. The van der Waals surface area contributed by atoms with E-state index in [0.717, 1.165) is 45.2 Å². The van der Waals surface area contributed by atoms with E-state index in [-0.39, 0.29) is 17.9 Å². The number of thiophene rings is 1. The molecule has 5 nitrogen and oxygen atoms in total. The fourth-order valence-electron chi connectivity index (χ4n) is 3.70. The highest BCUT2D eigenvalue weighted by atomic mass is 32.1. The molecule has 1 aliphatic heterocycles. The Morgan fingerprint density at radius 3 is 2.69 bits per heavy atom. The van der Waals surface area contributed by atoms with Crippen LogP contribution in [0, 0.1) is 0 Å². The molecule has 4 rings (SSSR count).